The highest BCUT2D eigenvalue weighted by Gasteiger charge is 2.46. The molecule has 0 aliphatic carbocycles. The van der Waals surface area contributed by atoms with E-state index in [4.69, 9.17) is 4.74 Å². The number of piperidine rings is 1. The third kappa shape index (κ3) is 2.61. The third-order valence-electron chi connectivity index (χ3n) is 4.09. The van der Waals surface area contributed by atoms with E-state index < -0.39 is 11.5 Å². The Morgan fingerprint density at radius 2 is 2.41 bits per heavy atom. The SMILES string of the molecule is COCCNC1(C(=O)O)CCN2CCCC2C1. The van der Waals surface area contributed by atoms with Gasteiger partial charge in [0.1, 0.15) is 5.54 Å². The summed E-state index contributed by atoms with van der Waals surface area (Å²) in [4.78, 5) is 14.0. The second-order valence-electron chi connectivity index (χ2n) is 5.09. The molecule has 17 heavy (non-hydrogen) atoms. The Morgan fingerprint density at radius 1 is 1.59 bits per heavy atom. The van der Waals surface area contributed by atoms with Crippen LogP contribution in [0.4, 0.5) is 0 Å². The van der Waals surface area contributed by atoms with Crippen LogP contribution in [0.2, 0.25) is 0 Å². The van der Waals surface area contributed by atoms with Crippen molar-refractivity contribution in [2.24, 2.45) is 0 Å². The molecule has 2 unspecified atom stereocenters. The Bertz CT molecular complexity index is 285. The second-order valence-corrected chi connectivity index (χ2v) is 5.09. The minimum atomic E-state index is -0.732. The zero-order chi connectivity index (χ0) is 12.3. The molecule has 2 rings (SSSR count). The number of nitrogens with one attached hydrogen (secondary N) is 1. The molecular formula is C12H22N2O3. The molecule has 0 radical (unpaired) electrons. The summed E-state index contributed by atoms with van der Waals surface area (Å²) in [6.07, 6.45) is 3.77. The Hall–Kier alpha value is -0.650. The van der Waals surface area contributed by atoms with Crippen LogP contribution in [0.1, 0.15) is 25.7 Å². The number of aliphatic carboxylic acids is 1. The number of carbonyl (C=O) groups is 1. The first-order valence-corrected chi connectivity index (χ1v) is 6.39. The van der Waals surface area contributed by atoms with Crippen LogP contribution in [-0.2, 0) is 9.53 Å². The lowest BCUT2D eigenvalue weighted by Gasteiger charge is -2.42. The lowest BCUT2D eigenvalue weighted by atomic mass is 9.83. The fourth-order valence-corrected chi connectivity index (χ4v) is 3.08. The predicted octanol–water partition coefficient (Wildman–Crippen LogP) is 0.304. The maximum atomic E-state index is 11.5. The first kappa shape index (κ1) is 12.8. The lowest BCUT2D eigenvalue weighted by molar-refractivity contribution is -0.148. The van der Waals surface area contributed by atoms with Crippen molar-refractivity contribution in [3.8, 4) is 0 Å². The molecule has 2 N–H and O–H groups in total. The molecule has 0 aromatic heterocycles. The van der Waals surface area contributed by atoms with Gasteiger partial charge < -0.3 is 14.7 Å². The van der Waals surface area contributed by atoms with Crippen LogP contribution in [0.3, 0.4) is 0 Å². The van der Waals surface area contributed by atoms with Gasteiger partial charge in [0.2, 0.25) is 0 Å². The van der Waals surface area contributed by atoms with E-state index in [0.29, 0.717) is 25.6 Å². The Labute approximate surface area is 102 Å². The van der Waals surface area contributed by atoms with E-state index in [1.165, 1.54) is 6.42 Å². The summed E-state index contributed by atoms with van der Waals surface area (Å²) in [7, 11) is 1.63. The van der Waals surface area contributed by atoms with Gasteiger partial charge in [0.25, 0.3) is 0 Å². The minimum Gasteiger partial charge on any atom is -0.480 e. The van der Waals surface area contributed by atoms with Crippen molar-refractivity contribution in [2.75, 3.05) is 33.4 Å². The van der Waals surface area contributed by atoms with Gasteiger partial charge in [-0.3, -0.25) is 10.1 Å². The standard InChI is InChI=1S/C12H22N2O3/c1-17-8-5-13-12(11(15)16)4-7-14-6-2-3-10(14)9-12/h10,13H,2-9H2,1H3,(H,15,16). The molecule has 0 saturated carbocycles. The van der Waals surface area contributed by atoms with Crippen molar-refractivity contribution in [3.05, 3.63) is 0 Å². The topological polar surface area (TPSA) is 61.8 Å². The van der Waals surface area contributed by atoms with E-state index in [1.54, 1.807) is 7.11 Å². The fraction of sp³-hybridized carbons (Fsp3) is 0.917. The van der Waals surface area contributed by atoms with Crippen molar-refractivity contribution >= 4 is 5.97 Å². The number of fused-ring (bicyclic) bond motifs is 1. The molecule has 2 aliphatic heterocycles. The van der Waals surface area contributed by atoms with E-state index in [9.17, 15) is 9.90 Å². The van der Waals surface area contributed by atoms with E-state index >= 15 is 0 Å². The molecule has 5 nitrogen and oxygen atoms in total. The third-order valence-corrected chi connectivity index (χ3v) is 4.09. The summed E-state index contributed by atoms with van der Waals surface area (Å²) >= 11 is 0. The Morgan fingerprint density at radius 3 is 3.12 bits per heavy atom. The molecular weight excluding hydrogens is 220 g/mol. The average Bonchev–Trinajstić information content (AvgIpc) is 2.76. The molecule has 0 aromatic carbocycles. The zero-order valence-electron chi connectivity index (χ0n) is 10.4. The van der Waals surface area contributed by atoms with Crippen LogP contribution in [0.5, 0.6) is 0 Å². The van der Waals surface area contributed by atoms with Crippen molar-refractivity contribution in [1.82, 2.24) is 10.2 Å². The van der Waals surface area contributed by atoms with Crippen LogP contribution in [0.15, 0.2) is 0 Å². The first-order valence-electron chi connectivity index (χ1n) is 6.39. The minimum absolute atomic E-state index is 0.454. The quantitative estimate of drug-likeness (QED) is 0.679. The summed E-state index contributed by atoms with van der Waals surface area (Å²) in [5.74, 6) is -0.708. The van der Waals surface area contributed by atoms with Crippen molar-refractivity contribution in [3.63, 3.8) is 0 Å². The van der Waals surface area contributed by atoms with E-state index in [1.807, 2.05) is 0 Å². The van der Waals surface area contributed by atoms with Gasteiger partial charge in [0.05, 0.1) is 6.61 Å². The second kappa shape index (κ2) is 5.33. The number of hydrogen-bond donors (Lipinski definition) is 2. The summed E-state index contributed by atoms with van der Waals surface area (Å²) < 4.78 is 4.98. The highest BCUT2D eigenvalue weighted by molar-refractivity contribution is 5.79. The van der Waals surface area contributed by atoms with E-state index in [0.717, 1.165) is 25.9 Å². The van der Waals surface area contributed by atoms with Gasteiger partial charge in [-0.2, -0.15) is 0 Å². The molecule has 0 spiro atoms. The van der Waals surface area contributed by atoms with Crippen LogP contribution < -0.4 is 5.32 Å². The number of carboxylic acid groups (broad SMARTS) is 1. The maximum Gasteiger partial charge on any atom is 0.324 e. The van der Waals surface area contributed by atoms with E-state index in [2.05, 4.69) is 10.2 Å². The normalized spacial score (nSPS) is 33.6. The van der Waals surface area contributed by atoms with Gasteiger partial charge in [-0.25, -0.2) is 0 Å². The van der Waals surface area contributed by atoms with Gasteiger partial charge in [-0.05, 0) is 32.2 Å². The number of ether oxygens (including phenoxy) is 1. The van der Waals surface area contributed by atoms with Crippen molar-refractivity contribution < 1.29 is 14.6 Å². The largest absolute Gasteiger partial charge is 0.480 e. The maximum absolute atomic E-state index is 11.5. The highest BCUT2D eigenvalue weighted by Crippen LogP contribution is 2.33. The van der Waals surface area contributed by atoms with Gasteiger partial charge in [0.15, 0.2) is 0 Å². The lowest BCUT2D eigenvalue weighted by Crippen LogP contribution is -2.60. The zero-order valence-corrected chi connectivity index (χ0v) is 10.4. The molecule has 5 heteroatoms. The van der Waals surface area contributed by atoms with E-state index in [-0.39, 0.29) is 0 Å². The van der Waals surface area contributed by atoms with Crippen LogP contribution in [0, 0.1) is 0 Å². The predicted molar refractivity (Wildman–Crippen MR) is 64.1 cm³/mol. The van der Waals surface area contributed by atoms with Crippen molar-refractivity contribution in [1.29, 1.82) is 0 Å². The molecule has 98 valence electrons. The first-order chi connectivity index (χ1) is 8.18. The molecule has 2 saturated heterocycles. The number of methoxy groups -OCH3 is 1. The van der Waals surface area contributed by atoms with Gasteiger partial charge in [-0.1, -0.05) is 0 Å². The summed E-state index contributed by atoms with van der Waals surface area (Å²) in [6, 6.07) is 0.454. The van der Waals surface area contributed by atoms with Crippen molar-refractivity contribution in [2.45, 2.75) is 37.3 Å². The average molecular weight is 242 g/mol. The fourth-order valence-electron chi connectivity index (χ4n) is 3.08. The molecule has 2 heterocycles. The van der Waals surface area contributed by atoms with Crippen LogP contribution in [0.25, 0.3) is 0 Å². The van der Waals surface area contributed by atoms with Crippen LogP contribution in [-0.4, -0.2) is 60.9 Å². The summed E-state index contributed by atoms with van der Waals surface area (Å²) in [6.45, 7) is 3.20. The number of hydrogen-bond acceptors (Lipinski definition) is 4. The molecule has 2 atom stereocenters. The smallest absolute Gasteiger partial charge is 0.324 e. The Kier molecular flexibility index (Phi) is 4.01. The Balaban J connectivity index is 1.99. The van der Waals surface area contributed by atoms with Gasteiger partial charge in [0, 0.05) is 26.2 Å². The van der Waals surface area contributed by atoms with Gasteiger partial charge >= 0.3 is 5.97 Å². The number of nitrogens with zero attached hydrogens (tertiary/aromatic N) is 1. The highest BCUT2D eigenvalue weighted by atomic mass is 16.5. The number of rotatable bonds is 5. The summed E-state index contributed by atoms with van der Waals surface area (Å²) in [5, 5.41) is 12.7. The molecule has 2 aliphatic rings. The molecule has 0 aromatic rings. The monoisotopic (exact) mass is 242 g/mol. The molecule has 0 bridgehead atoms. The summed E-state index contributed by atoms with van der Waals surface area (Å²) in [5.41, 5.74) is -0.732. The number of carboxylic acids is 1. The van der Waals surface area contributed by atoms with Gasteiger partial charge in [-0.15, -0.1) is 0 Å². The molecule has 0 amide bonds. The van der Waals surface area contributed by atoms with Crippen LogP contribution >= 0.6 is 0 Å². The molecule has 2 fully saturated rings.